The summed E-state index contributed by atoms with van der Waals surface area (Å²) < 4.78 is 11.6. The standard InChI is InChI=1S/C20H24N2O4/c1-3-8-22-19(24)17(18(23)21-9-11-25-12-10-21)15-13-20(22,2)26-16-7-5-4-6-14(15)16/h3-7,15,17H,1,8-13H2,2H3/t15-,17-,20+/m0/s1. The van der Waals surface area contributed by atoms with Crippen LogP contribution in [0.15, 0.2) is 36.9 Å². The Morgan fingerprint density at radius 3 is 2.81 bits per heavy atom. The van der Waals surface area contributed by atoms with E-state index in [-0.39, 0.29) is 17.7 Å². The second kappa shape index (κ2) is 6.43. The molecule has 0 saturated carbocycles. The highest BCUT2D eigenvalue weighted by Gasteiger charge is 2.56. The van der Waals surface area contributed by atoms with Crippen molar-refractivity contribution in [3.63, 3.8) is 0 Å². The summed E-state index contributed by atoms with van der Waals surface area (Å²) in [6, 6.07) is 7.73. The largest absolute Gasteiger partial charge is 0.468 e. The van der Waals surface area contributed by atoms with Crippen LogP contribution < -0.4 is 4.74 Å². The average molecular weight is 356 g/mol. The lowest BCUT2D eigenvalue weighted by Crippen LogP contribution is -2.65. The number of amides is 2. The highest BCUT2D eigenvalue weighted by atomic mass is 16.5. The van der Waals surface area contributed by atoms with Crippen LogP contribution in [0.3, 0.4) is 0 Å². The molecule has 0 aromatic heterocycles. The van der Waals surface area contributed by atoms with E-state index in [0.29, 0.717) is 39.3 Å². The number of hydrogen-bond acceptors (Lipinski definition) is 4. The van der Waals surface area contributed by atoms with Crippen molar-refractivity contribution < 1.29 is 19.1 Å². The zero-order valence-corrected chi connectivity index (χ0v) is 15.0. The molecule has 2 fully saturated rings. The van der Waals surface area contributed by atoms with Crippen LogP contribution in [0.5, 0.6) is 5.75 Å². The van der Waals surface area contributed by atoms with Crippen LogP contribution in [-0.4, -0.2) is 60.2 Å². The van der Waals surface area contributed by atoms with Crippen LogP contribution in [-0.2, 0) is 14.3 Å². The Morgan fingerprint density at radius 1 is 1.35 bits per heavy atom. The number of benzene rings is 1. The summed E-state index contributed by atoms with van der Waals surface area (Å²) >= 11 is 0. The molecule has 138 valence electrons. The zero-order valence-electron chi connectivity index (χ0n) is 15.0. The van der Waals surface area contributed by atoms with Gasteiger partial charge < -0.3 is 19.3 Å². The summed E-state index contributed by atoms with van der Waals surface area (Å²) in [6.45, 7) is 8.16. The predicted molar refractivity (Wildman–Crippen MR) is 95.6 cm³/mol. The maximum atomic E-state index is 13.3. The van der Waals surface area contributed by atoms with Gasteiger partial charge in [0, 0.05) is 32.0 Å². The van der Waals surface area contributed by atoms with E-state index in [1.165, 1.54) is 0 Å². The molecule has 0 radical (unpaired) electrons. The number of carbonyl (C=O) groups excluding carboxylic acids is 2. The van der Waals surface area contributed by atoms with E-state index in [1.54, 1.807) is 15.9 Å². The Labute approximate surface area is 153 Å². The fourth-order valence-corrected chi connectivity index (χ4v) is 4.38. The van der Waals surface area contributed by atoms with E-state index >= 15 is 0 Å². The molecule has 3 heterocycles. The molecule has 4 rings (SSSR count). The third-order valence-electron chi connectivity index (χ3n) is 5.65. The molecule has 2 saturated heterocycles. The van der Waals surface area contributed by atoms with E-state index in [2.05, 4.69) is 6.58 Å². The SMILES string of the molecule is C=CCN1C(=O)[C@H](C(=O)N2CCOCC2)[C@H]2C[C@@]1(C)Oc1ccccc12. The molecule has 6 nitrogen and oxygen atoms in total. The van der Waals surface area contributed by atoms with Crippen LogP contribution in [0.1, 0.15) is 24.8 Å². The summed E-state index contributed by atoms with van der Waals surface area (Å²) in [5.41, 5.74) is 0.190. The summed E-state index contributed by atoms with van der Waals surface area (Å²) in [7, 11) is 0. The molecule has 2 bridgehead atoms. The Hall–Kier alpha value is -2.34. The molecule has 0 unspecified atom stereocenters. The quantitative estimate of drug-likeness (QED) is 0.612. The second-order valence-electron chi connectivity index (χ2n) is 7.28. The molecule has 0 aliphatic carbocycles. The normalized spacial score (nSPS) is 30.4. The van der Waals surface area contributed by atoms with Gasteiger partial charge in [0.05, 0.1) is 13.2 Å². The molecule has 1 aromatic rings. The number of piperidine rings is 1. The zero-order chi connectivity index (χ0) is 18.3. The Morgan fingerprint density at radius 2 is 2.08 bits per heavy atom. The van der Waals surface area contributed by atoms with Gasteiger partial charge in [-0.1, -0.05) is 24.3 Å². The highest BCUT2D eigenvalue weighted by molar-refractivity contribution is 6.02. The lowest BCUT2D eigenvalue weighted by atomic mass is 9.73. The average Bonchev–Trinajstić information content (AvgIpc) is 2.65. The molecule has 6 heteroatoms. The first kappa shape index (κ1) is 17.1. The predicted octanol–water partition coefficient (Wildman–Crippen LogP) is 1.77. The van der Waals surface area contributed by atoms with Crippen LogP contribution in [0.4, 0.5) is 0 Å². The molecule has 26 heavy (non-hydrogen) atoms. The molecular formula is C20H24N2O4. The van der Waals surface area contributed by atoms with Gasteiger partial charge in [-0.05, 0) is 18.6 Å². The summed E-state index contributed by atoms with van der Waals surface area (Å²) in [5, 5.41) is 0. The molecule has 0 spiro atoms. The van der Waals surface area contributed by atoms with Crippen LogP contribution in [0.2, 0.25) is 0 Å². The van der Waals surface area contributed by atoms with Gasteiger partial charge in [0.2, 0.25) is 11.8 Å². The highest BCUT2D eigenvalue weighted by Crippen LogP contribution is 2.50. The van der Waals surface area contributed by atoms with E-state index in [4.69, 9.17) is 9.47 Å². The number of carbonyl (C=O) groups is 2. The summed E-state index contributed by atoms with van der Waals surface area (Å²) in [5.74, 6) is -0.404. The van der Waals surface area contributed by atoms with Gasteiger partial charge in [-0.25, -0.2) is 0 Å². The minimum absolute atomic E-state index is 0.101. The van der Waals surface area contributed by atoms with Crippen molar-refractivity contribution in [1.82, 2.24) is 9.80 Å². The van der Waals surface area contributed by atoms with Gasteiger partial charge in [-0.15, -0.1) is 6.58 Å². The van der Waals surface area contributed by atoms with Gasteiger partial charge in [0.15, 0.2) is 5.72 Å². The molecule has 0 N–H and O–H groups in total. The van der Waals surface area contributed by atoms with Gasteiger partial charge in [0.1, 0.15) is 11.7 Å². The molecule has 1 aromatic carbocycles. The Kier molecular flexibility index (Phi) is 4.23. The van der Waals surface area contributed by atoms with Crippen LogP contribution >= 0.6 is 0 Å². The van der Waals surface area contributed by atoms with E-state index in [1.807, 2.05) is 31.2 Å². The number of rotatable bonds is 3. The third kappa shape index (κ3) is 2.60. The van der Waals surface area contributed by atoms with Crippen molar-refractivity contribution in [3.05, 3.63) is 42.5 Å². The van der Waals surface area contributed by atoms with E-state index in [9.17, 15) is 9.59 Å². The van der Waals surface area contributed by atoms with E-state index < -0.39 is 11.6 Å². The topological polar surface area (TPSA) is 59.1 Å². The van der Waals surface area contributed by atoms with Crippen LogP contribution in [0.25, 0.3) is 0 Å². The Balaban J connectivity index is 1.76. The first-order chi connectivity index (χ1) is 12.5. The summed E-state index contributed by atoms with van der Waals surface area (Å²) in [4.78, 5) is 30.1. The number of likely N-dealkylation sites (tertiary alicyclic amines) is 1. The van der Waals surface area contributed by atoms with E-state index in [0.717, 1.165) is 11.3 Å². The monoisotopic (exact) mass is 356 g/mol. The number of ether oxygens (including phenoxy) is 2. The molecule has 3 atom stereocenters. The van der Waals surface area contributed by atoms with Crippen molar-refractivity contribution in [1.29, 1.82) is 0 Å². The van der Waals surface area contributed by atoms with Crippen molar-refractivity contribution >= 4 is 11.8 Å². The second-order valence-corrected chi connectivity index (χ2v) is 7.28. The Bertz CT molecular complexity index is 743. The van der Waals surface area contributed by atoms with Crippen molar-refractivity contribution in [2.24, 2.45) is 5.92 Å². The first-order valence-electron chi connectivity index (χ1n) is 9.12. The summed E-state index contributed by atoms with van der Waals surface area (Å²) in [6.07, 6.45) is 2.29. The number of morpholine rings is 1. The minimum Gasteiger partial charge on any atom is -0.468 e. The van der Waals surface area contributed by atoms with Crippen LogP contribution in [0, 0.1) is 5.92 Å². The number of para-hydroxylation sites is 1. The fourth-order valence-electron chi connectivity index (χ4n) is 4.38. The van der Waals surface area contributed by atoms with Crippen molar-refractivity contribution in [2.45, 2.75) is 25.0 Å². The maximum Gasteiger partial charge on any atom is 0.239 e. The molecular weight excluding hydrogens is 332 g/mol. The van der Waals surface area contributed by atoms with Crippen molar-refractivity contribution in [2.75, 3.05) is 32.8 Å². The molecule has 2 amide bonds. The maximum absolute atomic E-state index is 13.3. The van der Waals surface area contributed by atoms with Gasteiger partial charge in [-0.3, -0.25) is 9.59 Å². The van der Waals surface area contributed by atoms with Gasteiger partial charge >= 0.3 is 0 Å². The molecule has 3 aliphatic rings. The fraction of sp³-hybridized carbons (Fsp3) is 0.500. The smallest absolute Gasteiger partial charge is 0.239 e. The first-order valence-corrected chi connectivity index (χ1v) is 9.12. The number of fused-ring (bicyclic) bond motifs is 4. The number of nitrogens with zero attached hydrogens (tertiary/aromatic N) is 2. The lowest BCUT2D eigenvalue weighted by molar-refractivity contribution is -0.177. The van der Waals surface area contributed by atoms with Gasteiger partial charge in [-0.2, -0.15) is 0 Å². The van der Waals surface area contributed by atoms with Gasteiger partial charge in [0.25, 0.3) is 0 Å². The lowest BCUT2D eigenvalue weighted by Gasteiger charge is -2.53. The third-order valence-corrected chi connectivity index (χ3v) is 5.65. The number of hydrogen-bond donors (Lipinski definition) is 0. The molecule has 3 aliphatic heterocycles. The van der Waals surface area contributed by atoms with Crippen molar-refractivity contribution in [3.8, 4) is 5.75 Å². The minimum atomic E-state index is -0.758.